The summed E-state index contributed by atoms with van der Waals surface area (Å²) in [5.41, 5.74) is 5.01. The Hall–Kier alpha value is -3.04. The van der Waals surface area contributed by atoms with E-state index in [2.05, 4.69) is 33.7 Å². The van der Waals surface area contributed by atoms with Crippen LogP contribution in [-0.4, -0.2) is 32.2 Å². The fourth-order valence-corrected chi connectivity index (χ4v) is 6.43. The SMILES string of the molecule is O=S(=O)(Nc1ccc(OC(F)(F)F)cc1)N1CCCC(C2c3ccccc3-c3ccccc32)C1. The van der Waals surface area contributed by atoms with Crippen molar-refractivity contribution in [1.82, 2.24) is 4.31 Å². The summed E-state index contributed by atoms with van der Waals surface area (Å²) in [7, 11) is -3.88. The molecule has 0 spiro atoms. The Balaban J connectivity index is 1.34. The minimum atomic E-state index is -4.80. The highest BCUT2D eigenvalue weighted by Crippen LogP contribution is 2.49. The van der Waals surface area contributed by atoms with Gasteiger partial charge in [-0.15, -0.1) is 13.2 Å². The van der Waals surface area contributed by atoms with Crippen LogP contribution in [0.2, 0.25) is 0 Å². The van der Waals surface area contributed by atoms with E-state index in [9.17, 15) is 21.6 Å². The molecule has 0 radical (unpaired) electrons. The molecular formula is C25H23F3N2O3S. The molecule has 1 fully saturated rings. The van der Waals surface area contributed by atoms with Gasteiger partial charge in [0.15, 0.2) is 0 Å². The summed E-state index contributed by atoms with van der Waals surface area (Å²) in [5, 5.41) is 0. The number of fused-ring (bicyclic) bond motifs is 3. The first kappa shape index (κ1) is 22.7. The molecule has 9 heteroatoms. The lowest BCUT2D eigenvalue weighted by Gasteiger charge is -2.35. The summed E-state index contributed by atoms with van der Waals surface area (Å²) in [5.74, 6) is -0.186. The van der Waals surface area contributed by atoms with Crippen LogP contribution in [0.5, 0.6) is 5.75 Å². The van der Waals surface area contributed by atoms with Crippen LogP contribution >= 0.6 is 0 Å². The van der Waals surface area contributed by atoms with E-state index in [1.165, 1.54) is 38.7 Å². The van der Waals surface area contributed by atoms with E-state index >= 15 is 0 Å². The van der Waals surface area contributed by atoms with E-state index < -0.39 is 22.3 Å². The molecule has 1 saturated heterocycles. The van der Waals surface area contributed by atoms with Gasteiger partial charge in [-0.25, -0.2) is 0 Å². The zero-order valence-corrected chi connectivity index (χ0v) is 18.9. The molecule has 1 aliphatic heterocycles. The highest BCUT2D eigenvalue weighted by molar-refractivity contribution is 7.90. The van der Waals surface area contributed by atoms with Crippen molar-refractivity contribution in [2.24, 2.45) is 5.92 Å². The number of nitrogens with zero attached hydrogens (tertiary/aromatic N) is 1. The molecule has 3 aromatic rings. The number of hydrogen-bond acceptors (Lipinski definition) is 3. The van der Waals surface area contributed by atoms with Crippen molar-refractivity contribution in [3.05, 3.63) is 83.9 Å². The minimum absolute atomic E-state index is 0.109. The standard InChI is InChI=1S/C25H23F3N2O3S/c26-25(27,28)33-19-13-11-18(12-14-19)29-34(31,32)30-15-5-6-17(16-30)24-22-9-3-1-7-20(22)21-8-2-4-10-23(21)24/h1-4,7-14,17,24,29H,5-6,15-16H2. The fraction of sp³-hybridized carbons (Fsp3) is 0.280. The molecule has 178 valence electrons. The number of nitrogens with one attached hydrogen (secondary N) is 1. The second-order valence-corrected chi connectivity index (χ2v) is 10.3. The minimum Gasteiger partial charge on any atom is -0.406 e. The quantitative estimate of drug-likeness (QED) is 0.496. The smallest absolute Gasteiger partial charge is 0.406 e. The Morgan fingerprint density at radius 3 is 2.06 bits per heavy atom. The van der Waals surface area contributed by atoms with Gasteiger partial charge in [-0.3, -0.25) is 4.72 Å². The molecule has 1 unspecified atom stereocenters. The van der Waals surface area contributed by atoms with E-state index in [-0.39, 0.29) is 17.5 Å². The second kappa shape index (κ2) is 8.63. The average Bonchev–Trinajstić information content (AvgIpc) is 3.14. The Bertz CT molecular complexity index is 1250. The number of ether oxygens (including phenoxy) is 1. The summed E-state index contributed by atoms with van der Waals surface area (Å²) >= 11 is 0. The molecule has 0 saturated carbocycles. The molecule has 0 aromatic heterocycles. The largest absolute Gasteiger partial charge is 0.573 e. The Morgan fingerprint density at radius 2 is 1.47 bits per heavy atom. The van der Waals surface area contributed by atoms with Crippen LogP contribution in [-0.2, 0) is 10.2 Å². The summed E-state index contributed by atoms with van der Waals surface area (Å²) in [6, 6.07) is 21.2. The molecule has 34 heavy (non-hydrogen) atoms. The van der Waals surface area contributed by atoms with Crippen LogP contribution in [0.3, 0.4) is 0 Å². The maximum absolute atomic E-state index is 13.1. The number of alkyl halides is 3. The van der Waals surface area contributed by atoms with Gasteiger partial charge in [-0.2, -0.15) is 12.7 Å². The van der Waals surface area contributed by atoms with Gasteiger partial charge in [0.25, 0.3) is 0 Å². The first-order valence-corrected chi connectivity index (χ1v) is 12.5. The molecule has 1 aliphatic carbocycles. The molecule has 2 aliphatic rings. The van der Waals surface area contributed by atoms with Crippen molar-refractivity contribution >= 4 is 15.9 Å². The van der Waals surface area contributed by atoms with Crippen molar-refractivity contribution in [1.29, 1.82) is 0 Å². The summed E-state index contributed by atoms with van der Waals surface area (Å²) in [4.78, 5) is 0. The number of hydrogen-bond donors (Lipinski definition) is 1. The van der Waals surface area contributed by atoms with E-state index in [0.29, 0.717) is 13.1 Å². The highest BCUT2D eigenvalue weighted by atomic mass is 32.2. The first-order chi connectivity index (χ1) is 16.2. The third-order valence-electron chi connectivity index (χ3n) is 6.45. The molecule has 1 heterocycles. The molecular weight excluding hydrogens is 465 g/mol. The maximum atomic E-state index is 13.1. The Labute approximate surface area is 196 Å². The lowest BCUT2D eigenvalue weighted by molar-refractivity contribution is -0.274. The van der Waals surface area contributed by atoms with Crippen molar-refractivity contribution in [2.45, 2.75) is 25.1 Å². The van der Waals surface area contributed by atoms with Gasteiger partial charge in [0.05, 0.1) is 5.69 Å². The van der Waals surface area contributed by atoms with Gasteiger partial charge in [-0.05, 0) is 65.3 Å². The summed E-state index contributed by atoms with van der Waals surface area (Å²) in [6.45, 7) is 0.745. The topological polar surface area (TPSA) is 58.6 Å². The number of halogens is 3. The van der Waals surface area contributed by atoms with E-state index in [1.54, 1.807) is 0 Å². The molecule has 1 atom stereocenters. The number of rotatable bonds is 5. The van der Waals surface area contributed by atoms with Crippen LogP contribution in [0.4, 0.5) is 18.9 Å². The maximum Gasteiger partial charge on any atom is 0.573 e. The number of anilines is 1. The predicted octanol–water partition coefficient (Wildman–Crippen LogP) is 5.77. The highest BCUT2D eigenvalue weighted by Gasteiger charge is 2.38. The van der Waals surface area contributed by atoms with Gasteiger partial charge < -0.3 is 4.74 Å². The summed E-state index contributed by atoms with van der Waals surface area (Å²) < 4.78 is 71.1. The van der Waals surface area contributed by atoms with E-state index in [1.807, 2.05) is 24.3 Å². The monoisotopic (exact) mass is 488 g/mol. The van der Waals surface area contributed by atoms with Crippen LogP contribution in [0.15, 0.2) is 72.8 Å². The van der Waals surface area contributed by atoms with Gasteiger partial charge in [0, 0.05) is 19.0 Å². The molecule has 0 bridgehead atoms. The predicted molar refractivity (Wildman–Crippen MR) is 124 cm³/mol. The van der Waals surface area contributed by atoms with Crippen molar-refractivity contribution < 1.29 is 26.3 Å². The van der Waals surface area contributed by atoms with E-state index in [4.69, 9.17) is 0 Å². The van der Waals surface area contributed by atoms with Crippen LogP contribution in [0.25, 0.3) is 11.1 Å². The van der Waals surface area contributed by atoms with Crippen LogP contribution in [0, 0.1) is 5.92 Å². The lowest BCUT2D eigenvalue weighted by Crippen LogP contribution is -2.44. The zero-order valence-electron chi connectivity index (χ0n) is 18.1. The first-order valence-electron chi connectivity index (χ1n) is 11.0. The van der Waals surface area contributed by atoms with Crippen LogP contribution in [0.1, 0.15) is 29.9 Å². The molecule has 5 nitrogen and oxygen atoms in total. The van der Waals surface area contributed by atoms with Crippen molar-refractivity contribution in [3.63, 3.8) is 0 Å². The molecule has 3 aromatic carbocycles. The molecule has 5 rings (SSSR count). The van der Waals surface area contributed by atoms with E-state index in [0.717, 1.165) is 25.0 Å². The van der Waals surface area contributed by atoms with Gasteiger partial charge in [-0.1, -0.05) is 48.5 Å². The lowest BCUT2D eigenvalue weighted by atomic mass is 9.80. The number of piperidine rings is 1. The molecule has 1 N–H and O–H groups in total. The Kier molecular flexibility index (Phi) is 5.77. The third-order valence-corrected chi connectivity index (χ3v) is 7.95. The zero-order chi connectivity index (χ0) is 23.9. The normalized spacial score (nSPS) is 18.9. The van der Waals surface area contributed by atoms with Crippen LogP contribution < -0.4 is 9.46 Å². The second-order valence-electron chi connectivity index (χ2n) is 8.59. The Morgan fingerprint density at radius 1 is 0.882 bits per heavy atom. The molecule has 0 amide bonds. The third kappa shape index (κ3) is 4.50. The van der Waals surface area contributed by atoms with Crippen molar-refractivity contribution in [2.75, 3.05) is 17.8 Å². The van der Waals surface area contributed by atoms with Gasteiger partial charge in [0.2, 0.25) is 0 Å². The fourth-order valence-electron chi connectivity index (χ4n) is 5.10. The van der Waals surface area contributed by atoms with Crippen molar-refractivity contribution in [3.8, 4) is 16.9 Å². The average molecular weight is 489 g/mol. The van der Waals surface area contributed by atoms with Gasteiger partial charge in [0.1, 0.15) is 5.75 Å². The van der Waals surface area contributed by atoms with Gasteiger partial charge >= 0.3 is 16.6 Å². The number of benzene rings is 3. The summed E-state index contributed by atoms with van der Waals surface area (Å²) in [6.07, 6.45) is -3.17.